The van der Waals surface area contributed by atoms with E-state index in [1.54, 1.807) is 13.0 Å². The predicted molar refractivity (Wildman–Crippen MR) is 63.6 cm³/mol. The van der Waals surface area contributed by atoms with Gasteiger partial charge in [0.25, 0.3) is 0 Å². The molecule has 0 saturated heterocycles. The van der Waals surface area contributed by atoms with Crippen LogP contribution in [0.15, 0.2) is 21.4 Å². The van der Waals surface area contributed by atoms with E-state index in [1.165, 1.54) is 4.57 Å². The predicted octanol–water partition coefficient (Wildman–Crippen LogP) is 1.61. The van der Waals surface area contributed by atoms with E-state index in [-0.39, 0.29) is 11.6 Å². The van der Waals surface area contributed by atoms with E-state index < -0.39 is 6.04 Å². The molecule has 1 amide bonds. The number of nitrogens with one attached hydrogen (secondary N) is 2. The van der Waals surface area contributed by atoms with Crippen LogP contribution in [0.4, 0.5) is 5.69 Å². The van der Waals surface area contributed by atoms with Crippen molar-refractivity contribution in [3.63, 3.8) is 0 Å². The van der Waals surface area contributed by atoms with Crippen LogP contribution in [0.5, 0.6) is 0 Å². The molecule has 5 nitrogen and oxygen atoms in total. The van der Waals surface area contributed by atoms with E-state index in [1.807, 2.05) is 6.07 Å². The first kappa shape index (κ1) is 9.65. The van der Waals surface area contributed by atoms with Gasteiger partial charge in [-0.3, -0.25) is 9.36 Å². The number of hydrogen-bond donors (Lipinski definition) is 2. The first-order valence-electron chi connectivity index (χ1n) is 4.82. The molecule has 0 spiro atoms. The van der Waals surface area contributed by atoms with Crippen molar-refractivity contribution in [1.29, 1.82) is 0 Å². The molecule has 6 heteroatoms. The second-order valence-corrected chi connectivity index (χ2v) is 4.73. The third-order valence-electron chi connectivity index (χ3n) is 2.80. The Balaban J connectivity index is 2.52. The number of aromatic amines is 1. The summed E-state index contributed by atoms with van der Waals surface area (Å²) in [5, 5.41) is 2.78. The van der Waals surface area contributed by atoms with Gasteiger partial charge in [0.15, 0.2) is 0 Å². The minimum absolute atomic E-state index is 0.173. The van der Waals surface area contributed by atoms with Crippen molar-refractivity contribution in [3.8, 4) is 0 Å². The summed E-state index contributed by atoms with van der Waals surface area (Å²) in [7, 11) is 0. The minimum Gasteiger partial charge on any atom is -0.322 e. The Kier molecular flexibility index (Phi) is 1.79. The monoisotopic (exact) mass is 281 g/mol. The highest BCUT2D eigenvalue weighted by molar-refractivity contribution is 9.10. The molecule has 2 N–H and O–H groups in total. The number of amides is 1. The molecule has 3 rings (SSSR count). The summed E-state index contributed by atoms with van der Waals surface area (Å²) in [5.74, 6) is -0.173. The molecule has 2 aromatic rings. The van der Waals surface area contributed by atoms with Crippen LogP contribution in [0.25, 0.3) is 11.0 Å². The molecule has 82 valence electrons. The van der Waals surface area contributed by atoms with E-state index >= 15 is 0 Å². The first-order valence-corrected chi connectivity index (χ1v) is 5.62. The van der Waals surface area contributed by atoms with Crippen molar-refractivity contribution in [3.05, 3.63) is 27.1 Å². The van der Waals surface area contributed by atoms with Gasteiger partial charge >= 0.3 is 5.69 Å². The van der Waals surface area contributed by atoms with Crippen LogP contribution < -0.4 is 11.0 Å². The van der Waals surface area contributed by atoms with Crippen molar-refractivity contribution in [1.82, 2.24) is 9.55 Å². The van der Waals surface area contributed by atoms with Gasteiger partial charge < -0.3 is 10.3 Å². The van der Waals surface area contributed by atoms with Crippen LogP contribution in [0.2, 0.25) is 0 Å². The zero-order valence-corrected chi connectivity index (χ0v) is 9.96. The topological polar surface area (TPSA) is 66.9 Å². The molecule has 1 aromatic heterocycles. The molecule has 1 atom stereocenters. The lowest BCUT2D eigenvalue weighted by Crippen LogP contribution is -2.33. The van der Waals surface area contributed by atoms with Crippen molar-refractivity contribution in [2.75, 3.05) is 5.32 Å². The summed E-state index contributed by atoms with van der Waals surface area (Å²) < 4.78 is 2.30. The zero-order chi connectivity index (χ0) is 11.4. The van der Waals surface area contributed by atoms with Gasteiger partial charge in [-0.05, 0) is 19.1 Å². The molecule has 1 aliphatic heterocycles. The highest BCUT2D eigenvalue weighted by atomic mass is 79.9. The maximum Gasteiger partial charge on any atom is 0.327 e. The number of carbonyl (C=O) groups is 1. The number of imidazole rings is 1. The molecule has 0 fully saturated rings. The van der Waals surface area contributed by atoms with Crippen molar-refractivity contribution >= 4 is 38.6 Å². The van der Waals surface area contributed by atoms with Gasteiger partial charge in [-0.1, -0.05) is 15.9 Å². The van der Waals surface area contributed by atoms with Crippen molar-refractivity contribution in [2.24, 2.45) is 0 Å². The maximum atomic E-state index is 11.7. The van der Waals surface area contributed by atoms with Gasteiger partial charge in [0.1, 0.15) is 6.04 Å². The fraction of sp³-hybridized carbons (Fsp3) is 0.200. The number of H-pyrrole nitrogens is 1. The summed E-state index contributed by atoms with van der Waals surface area (Å²) in [6, 6.07) is 3.13. The lowest BCUT2D eigenvalue weighted by molar-refractivity contribution is -0.119. The summed E-state index contributed by atoms with van der Waals surface area (Å²) in [4.78, 5) is 26.1. The lowest BCUT2D eigenvalue weighted by Gasteiger charge is -2.21. The Morgan fingerprint density at radius 2 is 2.12 bits per heavy atom. The lowest BCUT2D eigenvalue weighted by atomic mass is 10.2. The Morgan fingerprint density at radius 1 is 1.38 bits per heavy atom. The Hall–Kier alpha value is -1.56. The van der Waals surface area contributed by atoms with Gasteiger partial charge in [-0.15, -0.1) is 0 Å². The van der Waals surface area contributed by atoms with E-state index in [2.05, 4.69) is 26.2 Å². The molecule has 0 bridgehead atoms. The molecule has 1 aromatic carbocycles. The van der Waals surface area contributed by atoms with Gasteiger partial charge in [0.2, 0.25) is 5.91 Å². The Morgan fingerprint density at radius 3 is 2.88 bits per heavy atom. The first-order chi connectivity index (χ1) is 7.58. The molecule has 1 aliphatic rings. The summed E-state index contributed by atoms with van der Waals surface area (Å²) in [6.45, 7) is 1.70. The fourth-order valence-corrected chi connectivity index (χ4v) is 2.51. The molecule has 16 heavy (non-hydrogen) atoms. The Bertz CT molecular complexity index is 670. The third kappa shape index (κ3) is 1.10. The van der Waals surface area contributed by atoms with Crippen LogP contribution in [0.1, 0.15) is 13.0 Å². The minimum atomic E-state index is -0.477. The van der Waals surface area contributed by atoms with Gasteiger partial charge in [0.05, 0.1) is 16.7 Å². The molecule has 0 aliphatic carbocycles. The fourth-order valence-electron chi connectivity index (χ4n) is 2.05. The molecule has 1 unspecified atom stereocenters. The third-order valence-corrected chi connectivity index (χ3v) is 3.26. The van der Waals surface area contributed by atoms with Crippen LogP contribution in [-0.4, -0.2) is 15.5 Å². The maximum absolute atomic E-state index is 11.7. The highest BCUT2D eigenvalue weighted by Gasteiger charge is 2.27. The summed E-state index contributed by atoms with van der Waals surface area (Å²) >= 11 is 3.33. The normalized spacial score (nSPS) is 18.9. The number of rotatable bonds is 0. The van der Waals surface area contributed by atoms with Crippen LogP contribution in [-0.2, 0) is 4.79 Å². The molecule has 0 saturated carbocycles. The quantitative estimate of drug-likeness (QED) is 0.770. The molecule has 2 heterocycles. The van der Waals surface area contributed by atoms with Gasteiger partial charge in [0, 0.05) is 4.47 Å². The number of carbonyl (C=O) groups excluding carboxylic acids is 1. The average molecular weight is 282 g/mol. The van der Waals surface area contributed by atoms with Crippen LogP contribution in [0.3, 0.4) is 0 Å². The number of halogens is 1. The van der Waals surface area contributed by atoms with E-state index in [9.17, 15) is 9.59 Å². The second-order valence-electron chi connectivity index (χ2n) is 3.81. The smallest absolute Gasteiger partial charge is 0.322 e. The van der Waals surface area contributed by atoms with E-state index in [4.69, 9.17) is 0 Å². The Labute approximate surface area is 98.6 Å². The van der Waals surface area contributed by atoms with Crippen molar-refractivity contribution in [2.45, 2.75) is 13.0 Å². The number of aromatic nitrogens is 2. The molecular weight excluding hydrogens is 274 g/mol. The van der Waals surface area contributed by atoms with E-state index in [0.717, 1.165) is 15.5 Å². The highest BCUT2D eigenvalue weighted by Crippen LogP contribution is 2.31. The summed E-state index contributed by atoms with van der Waals surface area (Å²) in [5.41, 5.74) is 1.88. The largest absolute Gasteiger partial charge is 0.327 e. The number of benzene rings is 1. The van der Waals surface area contributed by atoms with Crippen LogP contribution in [0, 0.1) is 0 Å². The van der Waals surface area contributed by atoms with Crippen LogP contribution >= 0.6 is 15.9 Å². The number of nitrogens with zero attached hydrogens (tertiary/aromatic N) is 1. The average Bonchev–Trinajstić information content (AvgIpc) is 2.51. The molecular formula is C10H8BrN3O2. The standard InChI is InChI=1S/C10H8BrN3O2/c1-4-9(15)12-6-2-5(11)3-7-8(6)14(4)10(16)13-7/h2-4H,1H3,(H,12,15)(H,13,16). The SMILES string of the molecule is CC1C(=O)Nc2cc(Br)cc3[nH]c(=O)n1c23. The van der Waals surface area contributed by atoms with Gasteiger partial charge in [-0.2, -0.15) is 0 Å². The summed E-state index contributed by atoms with van der Waals surface area (Å²) in [6.07, 6.45) is 0. The number of hydrogen-bond acceptors (Lipinski definition) is 2. The molecule has 0 radical (unpaired) electrons. The second kappa shape index (κ2) is 2.98. The van der Waals surface area contributed by atoms with Gasteiger partial charge in [-0.25, -0.2) is 4.79 Å². The number of anilines is 1. The zero-order valence-electron chi connectivity index (χ0n) is 8.37. The van der Waals surface area contributed by atoms with Crippen molar-refractivity contribution < 1.29 is 4.79 Å². The van der Waals surface area contributed by atoms with E-state index in [0.29, 0.717) is 5.69 Å².